The molecule has 0 aliphatic rings. The molecule has 0 saturated carbocycles. The number of pyridine rings is 1. The SMILES string of the molecule is CC(C)(NC(=O)O)c1ccnc(Cl)c1. The lowest BCUT2D eigenvalue weighted by atomic mass is 9.96. The van der Waals surface area contributed by atoms with Crippen LogP contribution in [0.4, 0.5) is 4.79 Å². The lowest BCUT2D eigenvalue weighted by Crippen LogP contribution is -2.40. The van der Waals surface area contributed by atoms with Gasteiger partial charge in [0.1, 0.15) is 5.15 Å². The first kappa shape index (κ1) is 10.8. The zero-order valence-corrected chi connectivity index (χ0v) is 8.67. The van der Waals surface area contributed by atoms with Gasteiger partial charge in [0.25, 0.3) is 0 Å². The summed E-state index contributed by atoms with van der Waals surface area (Å²) in [4.78, 5) is 14.3. The zero-order valence-electron chi connectivity index (χ0n) is 7.91. The van der Waals surface area contributed by atoms with Gasteiger partial charge >= 0.3 is 6.09 Å². The monoisotopic (exact) mass is 214 g/mol. The second-order valence-electron chi connectivity index (χ2n) is 3.42. The van der Waals surface area contributed by atoms with Crippen molar-refractivity contribution in [1.29, 1.82) is 0 Å². The summed E-state index contributed by atoms with van der Waals surface area (Å²) in [6, 6.07) is 3.36. The fourth-order valence-electron chi connectivity index (χ4n) is 1.13. The van der Waals surface area contributed by atoms with Crippen molar-refractivity contribution in [2.75, 3.05) is 0 Å². The quantitative estimate of drug-likeness (QED) is 0.743. The van der Waals surface area contributed by atoms with Crippen molar-refractivity contribution in [3.05, 3.63) is 29.0 Å². The van der Waals surface area contributed by atoms with Gasteiger partial charge in [-0.3, -0.25) is 0 Å². The number of nitrogens with one attached hydrogen (secondary N) is 1. The van der Waals surface area contributed by atoms with Crippen molar-refractivity contribution in [2.45, 2.75) is 19.4 Å². The molecule has 4 nitrogen and oxygen atoms in total. The molecule has 0 atom stereocenters. The molecule has 76 valence electrons. The summed E-state index contributed by atoms with van der Waals surface area (Å²) in [6.07, 6.45) is 0.478. The van der Waals surface area contributed by atoms with Crippen LogP contribution in [-0.2, 0) is 5.54 Å². The molecule has 0 aromatic carbocycles. The van der Waals surface area contributed by atoms with E-state index in [0.29, 0.717) is 5.15 Å². The molecule has 0 saturated heterocycles. The van der Waals surface area contributed by atoms with E-state index in [1.807, 2.05) is 0 Å². The minimum atomic E-state index is -1.07. The number of hydrogen-bond acceptors (Lipinski definition) is 2. The molecule has 0 fully saturated rings. The number of hydrogen-bond donors (Lipinski definition) is 2. The van der Waals surface area contributed by atoms with Crippen LogP contribution in [0, 0.1) is 0 Å². The predicted molar refractivity (Wildman–Crippen MR) is 53.4 cm³/mol. The van der Waals surface area contributed by atoms with Crippen LogP contribution in [-0.4, -0.2) is 16.2 Å². The van der Waals surface area contributed by atoms with Crippen LogP contribution >= 0.6 is 11.6 Å². The van der Waals surface area contributed by atoms with Crippen LogP contribution in [0.2, 0.25) is 5.15 Å². The minimum Gasteiger partial charge on any atom is -0.465 e. The molecule has 0 aliphatic heterocycles. The maximum absolute atomic E-state index is 10.5. The molecule has 0 aliphatic carbocycles. The van der Waals surface area contributed by atoms with Crippen LogP contribution in [0.25, 0.3) is 0 Å². The third kappa shape index (κ3) is 2.60. The third-order valence-electron chi connectivity index (χ3n) is 1.87. The normalized spacial score (nSPS) is 11.1. The Labute approximate surface area is 86.9 Å². The van der Waals surface area contributed by atoms with Gasteiger partial charge in [-0.2, -0.15) is 0 Å². The molecule has 2 N–H and O–H groups in total. The van der Waals surface area contributed by atoms with Gasteiger partial charge in [-0.05, 0) is 31.5 Å². The van der Waals surface area contributed by atoms with Crippen molar-refractivity contribution in [1.82, 2.24) is 10.3 Å². The van der Waals surface area contributed by atoms with Crippen LogP contribution in [0.15, 0.2) is 18.3 Å². The molecule has 1 heterocycles. The first-order chi connectivity index (χ1) is 6.42. The Balaban J connectivity index is 2.97. The van der Waals surface area contributed by atoms with Gasteiger partial charge in [-0.15, -0.1) is 0 Å². The number of aromatic nitrogens is 1. The fraction of sp³-hybridized carbons (Fsp3) is 0.333. The van der Waals surface area contributed by atoms with E-state index in [-0.39, 0.29) is 0 Å². The standard InChI is InChI=1S/C9H11ClN2O2/c1-9(2,12-8(13)14)6-3-4-11-7(10)5-6/h3-5,12H,1-2H3,(H,13,14). The van der Waals surface area contributed by atoms with E-state index in [2.05, 4.69) is 10.3 Å². The van der Waals surface area contributed by atoms with Crippen molar-refractivity contribution in [2.24, 2.45) is 0 Å². The summed E-state index contributed by atoms with van der Waals surface area (Å²) in [5, 5.41) is 11.4. The molecule has 14 heavy (non-hydrogen) atoms. The lowest BCUT2D eigenvalue weighted by Gasteiger charge is -2.24. The summed E-state index contributed by atoms with van der Waals surface area (Å²) >= 11 is 5.70. The molecule has 0 bridgehead atoms. The average Bonchev–Trinajstić information content (AvgIpc) is 2.01. The molecule has 1 amide bonds. The topological polar surface area (TPSA) is 62.2 Å². The molecular weight excluding hydrogens is 204 g/mol. The van der Waals surface area contributed by atoms with E-state index >= 15 is 0 Å². The summed E-state index contributed by atoms with van der Waals surface area (Å²) in [5.74, 6) is 0. The molecule has 1 rings (SSSR count). The van der Waals surface area contributed by atoms with E-state index in [4.69, 9.17) is 16.7 Å². The summed E-state index contributed by atoms with van der Waals surface area (Å²) in [7, 11) is 0. The lowest BCUT2D eigenvalue weighted by molar-refractivity contribution is 0.182. The molecule has 0 unspecified atom stereocenters. The second kappa shape index (κ2) is 3.84. The van der Waals surface area contributed by atoms with Crippen LogP contribution in [0.1, 0.15) is 19.4 Å². The molecule has 5 heteroatoms. The van der Waals surface area contributed by atoms with Gasteiger partial charge in [0.2, 0.25) is 0 Å². The zero-order chi connectivity index (χ0) is 10.8. The van der Waals surface area contributed by atoms with E-state index < -0.39 is 11.6 Å². The molecular formula is C9H11ClN2O2. The Kier molecular flexibility index (Phi) is 2.96. The number of halogens is 1. The maximum atomic E-state index is 10.5. The van der Waals surface area contributed by atoms with Gasteiger partial charge in [0.05, 0.1) is 5.54 Å². The largest absolute Gasteiger partial charge is 0.465 e. The Morgan fingerprint density at radius 1 is 1.64 bits per heavy atom. The Hall–Kier alpha value is -1.29. The smallest absolute Gasteiger partial charge is 0.405 e. The Morgan fingerprint density at radius 3 is 2.79 bits per heavy atom. The Morgan fingerprint density at radius 2 is 2.29 bits per heavy atom. The van der Waals surface area contributed by atoms with Gasteiger partial charge in [0.15, 0.2) is 0 Å². The van der Waals surface area contributed by atoms with E-state index in [1.165, 1.54) is 0 Å². The van der Waals surface area contributed by atoms with Gasteiger partial charge in [-0.25, -0.2) is 9.78 Å². The van der Waals surface area contributed by atoms with Crippen LogP contribution in [0.5, 0.6) is 0 Å². The van der Waals surface area contributed by atoms with E-state index in [0.717, 1.165) is 5.56 Å². The maximum Gasteiger partial charge on any atom is 0.405 e. The van der Waals surface area contributed by atoms with E-state index in [1.54, 1.807) is 32.2 Å². The van der Waals surface area contributed by atoms with Gasteiger partial charge < -0.3 is 10.4 Å². The molecule has 1 aromatic heterocycles. The number of rotatable bonds is 2. The molecule has 0 spiro atoms. The number of nitrogens with zero attached hydrogens (tertiary/aromatic N) is 1. The highest BCUT2D eigenvalue weighted by Gasteiger charge is 2.22. The summed E-state index contributed by atoms with van der Waals surface area (Å²) < 4.78 is 0. The van der Waals surface area contributed by atoms with Crippen LogP contribution < -0.4 is 5.32 Å². The number of carbonyl (C=O) groups is 1. The predicted octanol–water partition coefficient (Wildman–Crippen LogP) is 2.24. The highest BCUT2D eigenvalue weighted by molar-refractivity contribution is 6.29. The average molecular weight is 215 g/mol. The highest BCUT2D eigenvalue weighted by Crippen LogP contribution is 2.21. The second-order valence-corrected chi connectivity index (χ2v) is 3.81. The van der Waals surface area contributed by atoms with Crippen LogP contribution in [0.3, 0.4) is 0 Å². The highest BCUT2D eigenvalue weighted by atomic mass is 35.5. The first-order valence-electron chi connectivity index (χ1n) is 4.05. The van der Waals surface area contributed by atoms with Crippen molar-refractivity contribution >= 4 is 17.7 Å². The number of carboxylic acid groups (broad SMARTS) is 1. The van der Waals surface area contributed by atoms with Crippen molar-refractivity contribution < 1.29 is 9.90 Å². The summed E-state index contributed by atoms with van der Waals surface area (Å²) in [6.45, 7) is 3.51. The van der Waals surface area contributed by atoms with Gasteiger partial charge in [0, 0.05) is 6.20 Å². The number of amides is 1. The first-order valence-corrected chi connectivity index (χ1v) is 4.43. The fourth-order valence-corrected chi connectivity index (χ4v) is 1.30. The van der Waals surface area contributed by atoms with Crippen molar-refractivity contribution in [3.63, 3.8) is 0 Å². The minimum absolute atomic E-state index is 0.350. The van der Waals surface area contributed by atoms with Crippen molar-refractivity contribution in [3.8, 4) is 0 Å². The summed E-state index contributed by atoms with van der Waals surface area (Å²) in [5.41, 5.74) is 0.109. The third-order valence-corrected chi connectivity index (χ3v) is 2.07. The Bertz CT molecular complexity index is 352. The molecule has 1 aromatic rings. The molecule has 0 radical (unpaired) electrons. The van der Waals surface area contributed by atoms with E-state index in [9.17, 15) is 4.79 Å². The van der Waals surface area contributed by atoms with Gasteiger partial charge in [-0.1, -0.05) is 11.6 Å².